The minimum Gasteiger partial charge on any atom is -0.394 e. The number of ether oxygens (including phenoxy) is 1. The maximum absolute atomic E-state index is 8.60. The van der Waals surface area contributed by atoms with E-state index in [9.17, 15) is 0 Å². The summed E-state index contributed by atoms with van der Waals surface area (Å²) in [6.45, 7) is 11.1. The third-order valence-corrected chi connectivity index (χ3v) is 3.11. The zero-order valence-electron chi connectivity index (χ0n) is 11.7. The molecule has 4 nitrogen and oxygen atoms in total. The van der Waals surface area contributed by atoms with E-state index in [1.165, 1.54) is 0 Å². The van der Waals surface area contributed by atoms with E-state index in [4.69, 9.17) is 9.84 Å². The van der Waals surface area contributed by atoms with Crippen LogP contribution in [-0.2, 0) is 4.74 Å². The second-order valence-electron chi connectivity index (χ2n) is 6.29. The van der Waals surface area contributed by atoms with Gasteiger partial charge in [-0.15, -0.1) is 0 Å². The first-order valence-corrected chi connectivity index (χ1v) is 6.56. The van der Waals surface area contributed by atoms with E-state index < -0.39 is 0 Å². The number of piperidine rings is 1. The number of rotatable bonds is 6. The molecule has 0 aliphatic carbocycles. The van der Waals surface area contributed by atoms with E-state index in [0.29, 0.717) is 19.3 Å². The average Bonchev–Trinajstić information content (AvgIpc) is 2.12. The van der Waals surface area contributed by atoms with E-state index in [2.05, 4.69) is 38.3 Å². The maximum atomic E-state index is 8.60. The molecule has 0 radical (unpaired) electrons. The fourth-order valence-electron chi connectivity index (χ4n) is 2.97. The van der Waals surface area contributed by atoms with Gasteiger partial charge in [0, 0.05) is 23.7 Å². The van der Waals surface area contributed by atoms with Crippen LogP contribution >= 0.6 is 0 Å². The summed E-state index contributed by atoms with van der Waals surface area (Å²) in [6.07, 6.45) is 2.27. The monoisotopic (exact) mass is 244 g/mol. The van der Waals surface area contributed by atoms with Gasteiger partial charge in [-0.2, -0.15) is 0 Å². The quantitative estimate of drug-likeness (QED) is 0.608. The van der Waals surface area contributed by atoms with Crippen LogP contribution in [0.15, 0.2) is 0 Å². The average molecular weight is 244 g/mol. The van der Waals surface area contributed by atoms with Gasteiger partial charge >= 0.3 is 0 Å². The maximum Gasteiger partial charge on any atom is 0.0698 e. The number of hydrogen-bond acceptors (Lipinski definition) is 4. The van der Waals surface area contributed by atoms with Gasteiger partial charge in [-0.25, -0.2) is 0 Å². The van der Waals surface area contributed by atoms with Crippen LogP contribution in [0.2, 0.25) is 0 Å². The Bertz CT molecular complexity index is 213. The zero-order valence-corrected chi connectivity index (χ0v) is 11.7. The van der Waals surface area contributed by atoms with Crippen molar-refractivity contribution in [2.75, 3.05) is 26.4 Å². The molecule has 1 saturated heterocycles. The van der Waals surface area contributed by atoms with Crippen LogP contribution in [-0.4, -0.2) is 48.6 Å². The Hall–Kier alpha value is -0.160. The SMILES string of the molecule is CC1(C)CC(NCCOCCO)CC(C)(C)N1. The smallest absolute Gasteiger partial charge is 0.0698 e. The molecule has 0 unspecified atom stereocenters. The molecule has 4 heteroatoms. The molecular weight excluding hydrogens is 216 g/mol. The lowest BCUT2D eigenvalue weighted by molar-refractivity contribution is 0.0864. The largest absolute Gasteiger partial charge is 0.394 e. The summed E-state index contributed by atoms with van der Waals surface area (Å²) < 4.78 is 5.25. The Balaban J connectivity index is 2.28. The van der Waals surface area contributed by atoms with E-state index in [-0.39, 0.29) is 17.7 Å². The van der Waals surface area contributed by atoms with Crippen molar-refractivity contribution in [2.24, 2.45) is 0 Å². The molecule has 1 fully saturated rings. The van der Waals surface area contributed by atoms with Crippen LogP contribution in [0.4, 0.5) is 0 Å². The fraction of sp³-hybridized carbons (Fsp3) is 1.00. The number of hydrogen-bond donors (Lipinski definition) is 3. The highest BCUT2D eigenvalue weighted by Gasteiger charge is 2.37. The predicted molar refractivity (Wildman–Crippen MR) is 70.2 cm³/mol. The number of nitrogens with one attached hydrogen (secondary N) is 2. The van der Waals surface area contributed by atoms with Crippen molar-refractivity contribution < 1.29 is 9.84 Å². The Labute approximate surface area is 105 Å². The van der Waals surface area contributed by atoms with Crippen molar-refractivity contribution in [3.8, 4) is 0 Å². The second-order valence-corrected chi connectivity index (χ2v) is 6.29. The third-order valence-electron chi connectivity index (χ3n) is 3.11. The van der Waals surface area contributed by atoms with Crippen LogP contribution in [0, 0.1) is 0 Å². The van der Waals surface area contributed by atoms with Crippen LogP contribution in [0.1, 0.15) is 40.5 Å². The molecule has 1 aliphatic heterocycles. The molecular formula is C13H28N2O2. The molecule has 0 aromatic heterocycles. The topological polar surface area (TPSA) is 53.5 Å². The summed E-state index contributed by atoms with van der Waals surface area (Å²) in [6, 6.07) is 0.541. The molecule has 1 heterocycles. The molecule has 102 valence electrons. The van der Waals surface area contributed by atoms with E-state index in [0.717, 1.165) is 19.4 Å². The zero-order chi connectivity index (χ0) is 12.9. The summed E-state index contributed by atoms with van der Waals surface area (Å²) in [7, 11) is 0. The van der Waals surface area contributed by atoms with Gasteiger partial charge in [-0.05, 0) is 40.5 Å². The summed E-state index contributed by atoms with van der Waals surface area (Å²) >= 11 is 0. The summed E-state index contributed by atoms with van der Waals surface area (Å²) in [5.41, 5.74) is 0.372. The van der Waals surface area contributed by atoms with Gasteiger partial charge in [0.15, 0.2) is 0 Å². The normalized spacial score (nSPS) is 23.8. The van der Waals surface area contributed by atoms with Crippen molar-refractivity contribution in [3.05, 3.63) is 0 Å². The molecule has 0 spiro atoms. The minimum absolute atomic E-state index is 0.105. The molecule has 0 aromatic carbocycles. The highest BCUT2D eigenvalue weighted by atomic mass is 16.5. The van der Waals surface area contributed by atoms with E-state index in [1.807, 2.05) is 0 Å². The van der Waals surface area contributed by atoms with Crippen molar-refractivity contribution in [3.63, 3.8) is 0 Å². The highest BCUT2D eigenvalue weighted by Crippen LogP contribution is 2.28. The van der Waals surface area contributed by atoms with Crippen molar-refractivity contribution in [1.29, 1.82) is 0 Å². The summed E-state index contributed by atoms with van der Waals surface area (Å²) in [5, 5.41) is 15.8. The van der Waals surface area contributed by atoms with E-state index in [1.54, 1.807) is 0 Å². The first-order valence-electron chi connectivity index (χ1n) is 6.56. The van der Waals surface area contributed by atoms with Gasteiger partial charge in [0.05, 0.1) is 19.8 Å². The summed E-state index contributed by atoms with van der Waals surface area (Å²) in [4.78, 5) is 0. The van der Waals surface area contributed by atoms with Crippen LogP contribution in [0.25, 0.3) is 0 Å². The minimum atomic E-state index is 0.105. The molecule has 0 bridgehead atoms. The Kier molecular flexibility index (Phi) is 5.38. The molecule has 0 atom stereocenters. The van der Waals surface area contributed by atoms with Gasteiger partial charge in [0.25, 0.3) is 0 Å². The van der Waals surface area contributed by atoms with Crippen LogP contribution < -0.4 is 10.6 Å². The fourth-order valence-corrected chi connectivity index (χ4v) is 2.97. The standard InChI is InChI=1S/C13H28N2O2/c1-12(2)9-11(10-13(3,4)15-12)14-5-7-17-8-6-16/h11,14-16H,5-10H2,1-4H3. The lowest BCUT2D eigenvalue weighted by Gasteiger charge is -2.46. The summed E-state index contributed by atoms with van der Waals surface area (Å²) in [5.74, 6) is 0. The first kappa shape index (κ1) is 14.9. The van der Waals surface area contributed by atoms with Gasteiger partial charge in [-0.1, -0.05) is 0 Å². The molecule has 0 amide bonds. The van der Waals surface area contributed by atoms with E-state index >= 15 is 0 Å². The Morgan fingerprint density at radius 3 is 2.29 bits per heavy atom. The molecule has 1 rings (SSSR count). The lowest BCUT2D eigenvalue weighted by Crippen LogP contribution is -2.61. The highest BCUT2D eigenvalue weighted by molar-refractivity contribution is 4.99. The van der Waals surface area contributed by atoms with Gasteiger partial charge in [0.2, 0.25) is 0 Å². The molecule has 0 aromatic rings. The molecule has 17 heavy (non-hydrogen) atoms. The van der Waals surface area contributed by atoms with Gasteiger partial charge in [0.1, 0.15) is 0 Å². The first-order chi connectivity index (χ1) is 7.85. The van der Waals surface area contributed by atoms with Crippen molar-refractivity contribution in [2.45, 2.75) is 57.7 Å². The van der Waals surface area contributed by atoms with Crippen molar-refractivity contribution >= 4 is 0 Å². The van der Waals surface area contributed by atoms with Gasteiger partial charge in [-0.3, -0.25) is 0 Å². The van der Waals surface area contributed by atoms with Crippen LogP contribution in [0.5, 0.6) is 0 Å². The van der Waals surface area contributed by atoms with Crippen LogP contribution in [0.3, 0.4) is 0 Å². The number of aliphatic hydroxyl groups excluding tert-OH is 1. The lowest BCUT2D eigenvalue weighted by atomic mass is 9.79. The Morgan fingerprint density at radius 1 is 1.18 bits per heavy atom. The molecule has 0 saturated carbocycles. The van der Waals surface area contributed by atoms with Gasteiger partial charge < -0.3 is 20.5 Å². The third kappa shape index (κ3) is 5.82. The molecule has 1 aliphatic rings. The van der Waals surface area contributed by atoms with Crippen molar-refractivity contribution in [1.82, 2.24) is 10.6 Å². The Morgan fingerprint density at radius 2 is 1.76 bits per heavy atom. The predicted octanol–water partition coefficient (Wildman–Crippen LogP) is 0.894. The number of aliphatic hydroxyl groups is 1. The molecule has 3 N–H and O–H groups in total. The second kappa shape index (κ2) is 6.14.